The van der Waals surface area contributed by atoms with Gasteiger partial charge in [0.05, 0.1) is 17.1 Å². The lowest BCUT2D eigenvalue weighted by atomic mass is 9.81. The van der Waals surface area contributed by atoms with Gasteiger partial charge >= 0.3 is 5.97 Å². The number of likely N-dealkylation sites (tertiary alicyclic amines) is 1. The van der Waals surface area contributed by atoms with Crippen LogP contribution in [0.25, 0.3) is 0 Å². The minimum absolute atomic E-state index is 0.0398. The van der Waals surface area contributed by atoms with Gasteiger partial charge in [-0.25, -0.2) is 12.7 Å². The number of hydrogen-bond acceptors (Lipinski definition) is 4. The minimum atomic E-state index is -3.28. The first kappa shape index (κ1) is 17.7. The van der Waals surface area contributed by atoms with E-state index in [1.165, 1.54) is 4.31 Å². The molecule has 8 heteroatoms. The number of carboxylic acids is 1. The van der Waals surface area contributed by atoms with E-state index in [2.05, 4.69) is 0 Å². The number of piperidine rings is 1. The Morgan fingerprint density at radius 3 is 2.58 bits per heavy atom. The highest BCUT2D eigenvalue weighted by atomic mass is 32.2. The summed E-state index contributed by atoms with van der Waals surface area (Å²) in [5, 5.41) is 9.64. The molecule has 0 spiro atoms. The second-order valence-corrected chi connectivity index (χ2v) is 9.62. The van der Waals surface area contributed by atoms with Gasteiger partial charge in [-0.3, -0.25) is 9.59 Å². The van der Waals surface area contributed by atoms with Gasteiger partial charge in [0, 0.05) is 26.2 Å². The molecule has 0 aromatic rings. The Bertz CT molecular complexity index is 634. The van der Waals surface area contributed by atoms with Gasteiger partial charge in [0.2, 0.25) is 15.9 Å². The van der Waals surface area contributed by atoms with Crippen molar-refractivity contribution in [2.24, 2.45) is 17.3 Å². The lowest BCUT2D eigenvalue weighted by molar-refractivity contribution is -0.149. The zero-order chi connectivity index (χ0) is 17.5. The number of amides is 1. The highest BCUT2D eigenvalue weighted by Crippen LogP contribution is 2.49. The number of rotatable bonds is 4. The Labute approximate surface area is 143 Å². The van der Waals surface area contributed by atoms with Crippen LogP contribution in [0.2, 0.25) is 0 Å². The van der Waals surface area contributed by atoms with Crippen LogP contribution in [-0.2, 0) is 19.6 Å². The maximum Gasteiger partial charge on any atom is 0.311 e. The van der Waals surface area contributed by atoms with Crippen LogP contribution in [0.5, 0.6) is 0 Å². The number of sulfonamides is 1. The Morgan fingerprint density at radius 2 is 1.96 bits per heavy atom. The predicted octanol–water partition coefficient (Wildman–Crippen LogP) is 0.761. The normalized spacial score (nSPS) is 34.3. The summed E-state index contributed by atoms with van der Waals surface area (Å²) in [6, 6.07) is 0. The second kappa shape index (κ2) is 6.29. The first-order valence-electron chi connectivity index (χ1n) is 8.80. The van der Waals surface area contributed by atoms with Crippen molar-refractivity contribution < 1.29 is 23.1 Å². The van der Waals surface area contributed by atoms with Gasteiger partial charge in [0.15, 0.2) is 0 Å². The zero-order valence-corrected chi connectivity index (χ0v) is 14.9. The van der Waals surface area contributed by atoms with Crippen LogP contribution >= 0.6 is 0 Å². The van der Waals surface area contributed by atoms with Crippen molar-refractivity contribution in [3.8, 4) is 0 Å². The molecule has 1 saturated carbocycles. The van der Waals surface area contributed by atoms with Gasteiger partial charge in [-0.05, 0) is 38.5 Å². The monoisotopic (exact) mass is 358 g/mol. The molecule has 3 atom stereocenters. The van der Waals surface area contributed by atoms with E-state index >= 15 is 0 Å². The number of carbonyl (C=O) groups is 2. The zero-order valence-electron chi connectivity index (χ0n) is 14.1. The van der Waals surface area contributed by atoms with Crippen LogP contribution in [0.3, 0.4) is 0 Å². The molecule has 2 aliphatic heterocycles. The topological polar surface area (TPSA) is 95.0 Å². The summed E-state index contributed by atoms with van der Waals surface area (Å²) < 4.78 is 25.6. The van der Waals surface area contributed by atoms with Crippen molar-refractivity contribution >= 4 is 21.9 Å². The van der Waals surface area contributed by atoms with Gasteiger partial charge in [0.25, 0.3) is 0 Å². The molecule has 3 aliphatic rings. The molecular formula is C16H26N2O5S. The number of aliphatic carboxylic acids is 1. The molecule has 3 rings (SSSR count). The van der Waals surface area contributed by atoms with Crippen molar-refractivity contribution in [3.05, 3.63) is 0 Å². The van der Waals surface area contributed by atoms with Crippen molar-refractivity contribution in [1.29, 1.82) is 0 Å². The van der Waals surface area contributed by atoms with E-state index in [4.69, 9.17) is 0 Å². The minimum Gasteiger partial charge on any atom is -0.481 e. The number of carbonyl (C=O) groups excluding carboxylic acids is 1. The highest BCUT2D eigenvalue weighted by molar-refractivity contribution is 7.89. The van der Waals surface area contributed by atoms with Crippen molar-refractivity contribution in [3.63, 3.8) is 0 Å². The van der Waals surface area contributed by atoms with E-state index in [9.17, 15) is 23.1 Å². The van der Waals surface area contributed by atoms with Gasteiger partial charge in [-0.1, -0.05) is 6.42 Å². The molecular weight excluding hydrogens is 332 g/mol. The number of fused-ring (bicyclic) bond motifs is 1. The molecule has 7 nitrogen and oxygen atoms in total. The summed E-state index contributed by atoms with van der Waals surface area (Å²) in [6.07, 6.45) is 3.76. The van der Waals surface area contributed by atoms with Crippen LogP contribution in [0.1, 0.15) is 39.0 Å². The maximum atomic E-state index is 12.9. The summed E-state index contributed by atoms with van der Waals surface area (Å²) >= 11 is 0. The van der Waals surface area contributed by atoms with Gasteiger partial charge in [-0.15, -0.1) is 0 Å². The molecule has 1 amide bonds. The average Bonchev–Trinajstić information content (AvgIpc) is 3.12. The standard InChI is InChI=1S/C16H26N2O5S/c1-2-24(22,23)18-8-4-5-12(9-18)14(19)17-10-13-6-3-7-16(13,11-17)15(20)21/h12-13H,2-11H2,1H3,(H,20,21)/t12?,13-,16+/m0/s1. The molecule has 24 heavy (non-hydrogen) atoms. The lowest BCUT2D eigenvalue weighted by Crippen LogP contribution is -2.47. The van der Waals surface area contributed by atoms with Gasteiger partial charge < -0.3 is 10.0 Å². The molecule has 136 valence electrons. The van der Waals surface area contributed by atoms with E-state index in [1.807, 2.05) is 0 Å². The van der Waals surface area contributed by atoms with Gasteiger partial charge in [0.1, 0.15) is 0 Å². The smallest absolute Gasteiger partial charge is 0.311 e. The highest BCUT2D eigenvalue weighted by Gasteiger charge is 2.56. The van der Waals surface area contributed by atoms with E-state index < -0.39 is 21.4 Å². The Balaban J connectivity index is 1.70. The van der Waals surface area contributed by atoms with Crippen LogP contribution < -0.4 is 0 Å². The number of nitrogens with zero attached hydrogens (tertiary/aromatic N) is 2. The fourth-order valence-electron chi connectivity index (χ4n) is 4.64. The molecule has 0 aromatic heterocycles. The Hall–Kier alpha value is -1.15. The summed E-state index contributed by atoms with van der Waals surface area (Å²) in [5.74, 6) is -1.12. The summed E-state index contributed by atoms with van der Waals surface area (Å²) in [7, 11) is -3.28. The van der Waals surface area contributed by atoms with Crippen molar-refractivity contribution in [1.82, 2.24) is 9.21 Å². The van der Waals surface area contributed by atoms with E-state index in [1.54, 1.807) is 11.8 Å². The fraction of sp³-hybridized carbons (Fsp3) is 0.875. The van der Waals surface area contributed by atoms with Crippen molar-refractivity contribution in [2.75, 3.05) is 31.9 Å². The lowest BCUT2D eigenvalue weighted by Gasteiger charge is -2.33. The maximum absolute atomic E-state index is 12.9. The largest absolute Gasteiger partial charge is 0.481 e. The van der Waals surface area contributed by atoms with Crippen LogP contribution in [0.15, 0.2) is 0 Å². The fourth-order valence-corrected chi connectivity index (χ4v) is 5.82. The Morgan fingerprint density at radius 1 is 1.21 bits per heavy atom. The first-order valence-corrected chi connectivity index (χ1v) is 10.4. The molecule has 2 saturated heterocycles. The molecule has 1 N–H and O–H groups in total. The quantitative estimate of drug-likeness (QED) is 0.801. The third kappa shape index (κ3) is 2.83. The Kier molecular flexibility index (Phi) is 4.63. The van der Waals surface area contributed by atoms with Crippen LogP contribution in [0.4, 0.5) is 0 Å². The molecule has 0 bridgehead atoms. The first-order chi connectivity index (χ1) is 11.3. The second-order valence-electron chi connectivity index (χ2n) is 7.37. The van der Waals surface area contributed by atoms with Crippen LogP contribution in [0, 0.1) is 17.3 Å². The summed E-state index contributed by atoms with van der Waals surface area (Å²) in [6.45, 7) is 3.10. The molecule has 2 heterocycles. The number of hydrogen-bond donors (Lipinski definition) is 1. The van der Waals surface area contributed by atoms with Crippen molar-refractivity contribution in [2.45, 2.75) is 39.0 Å². The average molecular weight is 358 g/mol. The van der Waals surface area contributed by atoms with E-state index in [0.29, 0.717) is 32.4 Å². The molecule has 3 fully saturated rings. The third-order valence-corrected chi connectivity index (χ3v) is 7.95. The van der Waals surface area contributed by atoms with E-state index in [-0.39, 0.29) is 36.6 Å². The molecule has 0 radical (unpaired) electrons. The SMILES string of the molecule is CCS(=O)(=O)N1CCCC(C(=O)N2C[C@@H]3CCC[C@@]3(C(=O)O)C2)C1. The number of carboxylic acid groups (broad SMARTS) is 1. The van der Waals surface area contributed by atoms with Crippen LogP contribution in [-0.4, -0.2) is 66.5 Å². The third-order valence-electron chi connectivity index (χ3n) is 6.10. The summed E-state index contributed by atoms with van der Waals surface area (Å²) in [5.41, 5.74) is -0.778. The van der Waals surface area contributed by atoms with Gasteiger partial charge in [-0.2, -0.15) is 0 Å². The summed E-state index contributed by atoms with van der Waals surface area (Å²) in [4.78, 5) is 26.3. The molecule has 1 unspecified atom stereocenters. The predicted molar refractivity (Wildman–Crippen MR) is 87.7 cm³/mol. The van der Waals surface area contributed by atoms with E-state index in [0.717, 1.165) is 12.8 Å². The molecule has 0 aromatic carbocycles. The molecule has 1 aliphatic carbocycles.